The fourth-order valence-electron chi connectivity index (χ4n) is 1.81. The van der Waals surface area contributed by atoms with Crippen LogP contribution in [0.25, 0.3) is 0 Å². The van der Waals surface area contributed by atoms with Crippen molar-refractivity contribution in [3.8, 4) is 0 Å². The van der Waals surface area contributed by atoms with Gasteiger partial charge in [0.2, 0.25) is 5.76 Å². The van der Waals surface area contributed by atoms with E-state index in [9.17, 15) is 4.79 Å². The lowest BCUT2D eigenvalue weighted by atomic mass is 10.3. The molecule has 0 N–H and O–H groups in total. The number of nitrogens with zero attached hydrogens (tertiary/aromatic N) is 1. The molecular formula is C14H17NO3S. The van der Waals surface area contributed by atoms with Crippen molar-refractivity contribution in [2.45, 2.75) is 20.0 Å². The molecule has 0 saturated heterocycles. The Morgan fingerprint density at radius 2 is 2.16 bits per heavy atom. The summed E-state index contributed by atoms with van der Waals surface area (Å²) in [5.74, 6) is 0.568. The smallest absolute Gasteiger partial charge is 0.373 e. The molecule has 0 saturated carbocycles. The van der Waals surface area contributed by atoms with Gasteiger partial charge in [-0.2, -0.15) is 0 Å². The van der Waals surface area contributed by atoms with Gasteiger partial charge in [0.15, 0.2) is 0 Å². The Hall–Kier alpha value is -1.59. The second-order valence-corrected chi connectivity index (χ2v) is 5.46. The number of carbonyl (C=O) groups is 1. The summed E-state index contributed by atoms with van der Waals surface area (Å²) in [6.07, 6.45) is 0. The number of thiophene rings is 1. The molecule has 2 aromatic heterocycles. The molecular weight excluding hydrogens is 262 g/mol. The Labute approximate surface area is 116 Å². The predicted octanol–water partition coefficient (Wildman–Crippen LogP) is 3.07. The highest BCUT2D eigenvalue weighted by molar-refractivity contribution is 7.10. The van der Waals surface area contributed by atoms with E-state index in [0.29, 0.717) is 6.54 Å². The highest BCUT2D eigenvalue weighted by atomic mass is 32.1. The molecule has 0 fully saturated rings. The fourth-order valence-corrected chi connectivity index (χ4v) is 2.79. The SMILES string of the molecule is COC(=O)c1ccc(CN(C)Cc2sccc2C)o1. The molecule has 2 heterocycles. The zero-order valence-electron chi connectivity index (χ0n) is 11.3. The van der Waals surface area contributed by atoms with Gasteiger partial charge in [-0.1, -0.05) is 0 Å². The lowest BCUT2D eigenvalue weighted by Crippen LogP contribution is -2.16. The van der Waals surface area contributed by atoms with Gasteiger partial charge >= 0.3 is 5.97 Å². The van der Waals surface area contributed by atoms with Crippen LogP contribution in [0.4, 0.5) is 0 Å². The Kier molecular flexibility index (Phi) is 4.39. The summed E-state index contributed by atoms with van der Waals surface area (Å²) in [4.78, 5) is 14.8. The van der Waals surface area contributed by atoms with Crippen LogP contribution in [0.15, 0.2) is 28.0 Å². The number of methoxy groups -OCH3 is 1. The molecule has 0 aliphatic carbocycles. The van der Waals surface area contributed by atoms with E-state index in [2.05, 4.69) is 28.0 Å². The first-order valence-electron chi connectivity index (χ1n) is 5.98. The van der Waals surface area contributed by atoms with E-state index in [1.165, 1.54) is 17.6 Å². The molecule has 0 aromatic carbocycles. The van der Waals surface area contributed by atoms with Crippen molar-refractivity contribution in [2.75, 3.05) is 14.2 Å². The van der Waals surface area contributed by atoms with Crippen LogP contribution in [-0.4, -0.2) is 25.0 Å². The quantitative estimate of drug-likeness (QED) is 0.789. The summed E-state index contributed by atoms with van der Waals surface area (Å²) in [5, 5.41) is 2.10. The minimum Gasteiger partial charge on any atom is -0.463 e. The van der Waals surface area contributed by atoms with Crippen molar-refractivity contribution >= 4 is 17.3 Å². The van der Waals surface area contributed by atoms with E-state index < -0.39 is 5.97 Å². The normalized spacial score (nSPS) is 10.9. The molecule has 0 aliphatic rings. The van der Waals surface area contributed by atoms with Crippen LogP contribution in [0, 0.1) is 6.92 Å². The van der Waals surface area contributed by atoms with Crippen LogP contribution in [0.2, 0.25) is 0 Å². The number of hydrogen-bond donors (Lipinski definition) is 0. The third-order valence-corrected chi connectivity index (χ3v) is 3.86. The van der Waals surface area contributed by atoms with Crippen LogP contribution in [0.3, 0.4) is 0 Å². The molecule has 2 aromatic rings. The topological polar surface area (TPSA) is 42.7 Å². The van der Waals surface area contributed by atoms with E-state index in [1.54, 1.807) is 17.4 Å². The van der Waals surface area contributed by atoms with Gasteiger partial charge in [0.05, 0.1) is 13.7 Å². The summed E-state index contributed by atoms with van der Waals surface area (Å²) in [5.41, 5.74) is 1.31. The van der Waals surface area contributed by atoms with Crippen molar-refractivity contribution in [1.29, 1.82) is 0 Å². The Balaban J connectivity index is 1.95. The number of esters is 1. The van der Waals surface area contributed by atoms with Crippen LogP contribution < -0.4 is 0 Å². The van der Waals surface area contributed by atoms with Gasteiger partial charge in [-0.25, -0.2) is 4.79 Å². The second-order valence-electron chi connectivity index (χ2n) is 4.46. The molecule has 0 bridgehead atoms. The minimum absolute atomic E-state index is 0.248. The number of furan rings is 1. The molecule has 0 aliphatic heterocycles. The van der Waals surface area contributed by atoms with Gasteiger partial charge in [-0.05, 0) is 43.1 Å². The maximum Gasteiger partial charge on any atom is 0.373 e. The maximum atomic E-state index is 11.3. The molecule has 4 nitrogen and oxygen atoms in total. The fraction of sp³-hybridized carbons (Fsp3) is 0.357. The zero-order valence-corrected chi connectivity index (χ0v) is 12.1. The van der Waals surface area contributed by atoms with Crippen molar-refractivity contribution in [3.05, 3.63) is 45.5 Å². The molecule has 0 spiro atoms. The van der Waals surface area contributed by atoms with Gasteiger partial charge in [0.25, 0.3) is 0 Å². The maximum absolute atomic E-state index is 11.3. The van der Waals surface area contributed by atoms with Crippen LogP contribution in [0.1, 0.15) is 26.8 Å². The van der Waals surface area contributed by atoms with Crippen molar-refractivity contribution in [2.24, 2.45) is 0 Å². The van der Waals surface area contributed by atoms with Gasteiger partial charge in [0.1, 0.15) is 5.76 Å². The predicted molar refractivity (Wildman–Crippen MR) is 74.3 cm³/mol. The summed E-state index contributed by atoms with van der Waals surface area (Å²) < 4.78 is 10.1. The van der Waals surface area contributed by atoms with E-state index in [1.807, 2.05) is 13.1 Å². The Morgan fingerprint density at radius 1 is 1.37 bits per heavy atom. The van der Waals surface area contributed by atoms with E-state index in [0.717, 1.165) is 12.3 Å². The number of aryl methyl sites for hydroxylation is 1. The molecule has 5 heteroatoms. The van der Waals surface area contributed by atoms with Crippen molar-refractivity contribution in [3.63, 3.8) is 0 Å². The third-order valence-electron chi connectivity index (χ3n) is 2.86. The molecule has 102 valence electrons. The monoisotopic (exact) mass is 279 g/mol. The molecule has 0 atom stereocenters. The average molecular weight is 279 g/mol. The van der Waals surface area contributed by atoms with Crippen molar-refractivity contribution < 1.29 is 13.9 Å². The van der Waals surface area contributed by atoms with Gasteiger partial charge in [-0.15, -0.1) is 11.3 Å². The molecule has 19 heavy (non-hydrogen) atoms. The summed E-state index contributed by atoms with van der Waals surface area (Å²) in [6, 6.07) is 5.57. The standard InChI is InChI=1S/C14H17NO3S/c1-10-6-7-19-13(10)9-15(2)8-11-4-5-12(18-11)14(16)17-3/h4-7H,8-9H2,1-3H3. The number of carbonyl (C=O) groups excluding carboxylic acids is 1. The number of rotatable bonds is 5. The van der Waals surface area contributed by atoms with E-state index >= 15 is 0 Å². The minimum atomic E-state index is -0.442. The van der Waals surface area contributed by atoms with Crippen LogP contribution in [0.5, 0.6) is 0 Å². The van der Waals surface area contributed by atoms with Gasteiger partial charge in [-0.3, -0.25) is 4.90 Å². The number of hydrogen-bond acceptors (Lipinski definition) is 5. The van der Waals surface area contributed by atoms with Gasteiger partial charge in [0, 0.05) is 11.4 Å². The Morgan fingerprint density at radius 3 is 2.79 bits per heavy atom. The molecule has 2 rings (SSSR count). The van der Waals surface area contributed by atoms with E-state index in [4.69, 9.17) is 4.42 Å². The first-order valence-corrected chi connectivity index (χ1v) is 6.86. The summed E-state index contributed by atoms with van der Waals surface area (Å²) in [6.45, 7) is 3.65. The molecule has 0 radical (unpaired) electrons. The number of ether oxygens (including phenoxy) is 1. The second kappa shape index (κ2) is 6.04. The molecule has 0 amide bonds. The molecule has 0 unspecified atom stereocenters. The van der Waals surface area contributed by atoms with E-state index in [-0.39, 0.29) is 5.76 Å². The average Bonchev–Trinajstić information content (AvgIpc) is 2.99. The first-order chi connectivity index (χ1) is 9.10. The summed E-state index contributed by atoms with van der Waals surface area (Å²) >= 11 is 1.76. The lowest BCUT2D eigenvalue weighted by molar-refractivity contribution is 0.0561. The highest BCUT2D eigenvalue weighted by Gasteiger charge is 2.12. The largest absolute Gasteiger partial charge is 0.463 e. The first kappa shape index (κ1) is 13.8. The van der Waals surface area contributed by atoms with Crippen LogP contribution >= 0.6 is 11.3 Å². The van der Waals surface area contributed by atoms with Crippen molar-refractivity contribution in [1.82, 2.24) is 4.90 Å². The third kappa shape index (κ3) is 3.45. The lowest BCUT2D eigenvalue weighted by Gasteiger charge is -2.14. The Bertz CT molecular complexity index is 559. The van der Waals surface area contributed by atoms with Gasteiger partial charge < -0.3 is 9.15 Å². The summed E-state index contributed by atoms with van der Waals surface area (Å²) in [7, 11) is 3.37. The zero-order chi connectivity index (χ0) is 13.8. The van der Waals surface area contributed by atoms with Crippen LogP contribution in [-0.2, 0) is 17.8 Å². The highest BCUT2D eigenvalue weighted by Crippen LogP contribution is 2.19.